The smallest absolute Gasteiger partial charge is 0.160 e. The molecule has 0 bridgehead atoms. The molecule has 0 fully saturated rings. The van der Waals surface area contributed by atoms with Crippen molar-refractivity contribution in [1.29, 1.82) is 5.26 Å². The molecule has 0 unspecified atom stereocenters. The second kappa shape index (κ2) is 5.35. The SMILES string of the molecule is N#Cc1ccc(N)c(Nc2cc(Cl)c(F)c(Cl)c2)c1. The molecule has 0 amide bonds. The predicted octanol–water partition coefficient (Wildman–Crippen LogP) is 4.33. The number of nitrogen functional groups attached to an aromatic ring is 1. The van der Waals surface area contributed by atoms with Crippen LogP contribution >= 0.6 is 23.2 Å². The summed E-state index contributed by atoms with van der Waals surface area (Å²) in [7, 11) is 0. The third kappa shape index (κ3) is 2.90. The number of hydrogen-bond acceptors (Lipinski definition) is 3. The summed E-state index contributed by atoms with van der Waals surface area (Å²) in [5, 5.41) is 11.6. The van der Waals surface area contributed by atoms with E-state index in [9.17, 15) is 4.39 Å². The fourth-order valence-corrected chi connectivity index (χ4v) is 2.00. The summed E-state index contributed by atoms with van der Waals surface area (Å²) < 4.78 is 13.3. The highest BCUT2D eigenvalue weighted by Crippen LogP contribution is 2.31. The summed E-state index contributed by atoms with van der Waals surface area (Å²) in [4.78, 5) is 0. The molecule has 3 N–H and O–H groups in total. The first kappa shape index (κ1) is 13.5. The number of hydrogen-bond donors (Lipinski definition) is 2. The number of nitrogens with zero attached hydrogens (tertiary/aromatic N) is 1. The first-order valence-corrected chi connectivity index (χ1v) is 5.98. The highest BCUT2D eigenvalue weighted by atomic mass is 35.5. The van der Waals surface area contributed by atoms with E-state index in [2.05, 4.69) is 5.32 Å². The third-order valence-corrected chi connectivity index (χ3v) is 3.00. The Morgan fingerprint density at radius 2 is 1.79 bits per heavy atom. The Bertz CT molecular complexity index is 657. The molecule has 0 spiro atoms. The topological polar surface area (TPSA) is 61.8 Å². The molecular formula is C13H8Cl2FN3. The zero-order valence-corrected chi connectivity index (χ0v) is 11.1. The molecule has 0 aliphatic heterocycles. The monoisotopic (exact) mass is 295 g/mol. The van der Waals surface area contributed by atoms with Gasteiger partial charge in [-0.25, -0.2) is 4.39 Å². The molecule has 0 saturated heterocycles. The quantitative estimate of drug-likeness (QED) is 0.640. The van der Waals surface area contributed by atoms with Crippen LogP contribution in [-0.2, 0) is 0 Å². The van der Waals surface area contributed by atoms with Crippen LogP contribution in [0.1, 0.15) is 5.56 Å². The second-order valence-corrected chi connectivity index (χ2v) is 4.61. The van der Waals surface area contributed by atoms with Gasteiger partial charge in [-0.2, -0.15) is 5.26 Å². The first-order chi connectivity index (χ1) is 9.01. The van der Waals surface area contributed by atoms with Crippen molar-refractivity contribution in [2.24, 2.45) is 0 Å². The van der Waals surface area contributed by atoms with Gasteiger partial charge in [0.2, 0.25) is 0 Å². The Kier molecular flexibility index (Phi) is 3.79. The van der Waals surface area contributed by atoms with Gasteiger partial charge >= 0.3 is 0 Å². The first-order valence-electron chi connectivity index (χ1n) is 5.22. The molecule has 19 heavy (non-hydrogen) atoms. The van der Waals surface area contributed by atoms with Gasteiger partial charge in [-0.05, 0) is 30.3 Å². The summed E-state index contributed by atoms with van der Waals surface area (Å²) in [6.45, 7) is 0. The normalized spacial score (nSPS) is 10.0. The standard InChI is InChI=1S/C13H8Cl2FN3/c14-9-4-8(5-10(15)13(9)16)19-12-3-7(6-17)1-2-11(12)18/h1-5,19H,18H2. The van der Waals surface area contributed by atoms with Gasteiger partial charge in [-0.1, -0.05) is 23.2 Å². The van der Waals surface area contributed by atoms with E-state index in [1.807, 2.05) is 6.07 Å². The molecule has 96 valence electrons. The van der Waals surface area contributed by atoms with Gasteiger partial charge in [0.25, 0.3) is 0 Å². The molecule has 3 nitrogen and oxygen atoms in total. The van der Waals surface area contributed by atoms with Gasteiger partial charge in [-0.3, -0.25) is 0 Å². The van der Waals surface area contributed by atoms with Crippen LogP contribution in [0, 0.1) is 17.1 Å². The van der Waals surface area contributed by atoms with E-state index in [4.69, 9.17) is 34.2 Å². The van der Waals surface area contributed by atoms with Gasteiger partial charge in [0.15, 0.2) is 5.82 Å². The van der Waals surface area contributed by atoms with Gasteiger partial charge in [0.05, 0.1) is 33.1 Å². The van der Waals surface area contributed by atoms with E-state index in [1.165, 1.54) is 12.1 Å². The van der Waals surface area contributed by atoms with Crippen LogP contribution in [0.4, 0.5) is 21.5 Å². The van der Waals surface area contributed by atoms with Gasteiger partial charge in [0, 0.05) is 5.69 Å². The minimum atomic E-state index is -0.673. The van der Waals surface area contributed by atoms with E-state index in [0.29, 0.717) is 22.6 Å². The van der Waals surface area contributed by atoms with Crippen molar-refractivity contribution in [2.75, 3.05) is 11.1 Å². The lowest BCUT2D eigenvalue weighted by Gasteiger charge is -2.11. The lowest BCUT2D eigenvalue weighted by Crippen LogP contribution is -1.97. The van der Waals surface area contributed by atoms with Crippen LogP contribution < -0.4 is 11.1 Å². The van der Waals surface area contributed by atoms with Crippen molar-refractivity contribution >= 4 is 40.3 Å². The van der Waals surface area contributed by atoms with Gasteiger partial charge in [-0.15, -0.1) is 0 Å². The zero-order valence-electron chi connectivity index (χ0n) is 9.55. The minimum Gasteiger partial charge on any atom is -0.397 e. The lowest BCUT2D eigenvalue weighted by atomic mass is 10.2. The van der Waals surface area contributed by atoms with Gasteiger partial charge in [0.1, 0.15) is 0 Å². The number of nitrogens with two attached hydrogens (primary N) is 1. The number of anilines is 3. The van der Waals surface area contributed by atoms with Crippen LogP contribution in [0.15, 0.2) is 30.3 Å². The van der Waals surface area contributed by atoms with Crippen molar-refractivity contribution in [3.05, 3.63) is 51.8 Å². The van der Waals surface area contributed by atoms with Crippen LogP contribution in [0.3, 0.4) is 0 Å². The Hall–Kier alpha value is -1.96. The molecule has 0 radical (unpaired) electrons. The molecule has 6 heteroatoms. The maximum Gasteiger partial charge on any atom is 0.160 e. The number of nitrogens with one attached hydrogen (secondary N) is 1. The van der Waals surface area contributed by atoms with E-state index >= 15 is 0 Å². The molecule has 0 heterocycles. The van der Waals surface area contributed by atoms with Crippen LogP contribution in [0.5, 0.6) is 0 Å². The molecule has 0 saturated carbocycles. The molecule has 0 aromatic heterocycles. The molecule has 0 aliphatic rings. The van der Waals surface area contributed by atoms with Crippen molar-refractivity contribution in [3.8, 4) is 6.07 Å². The maximum absolute atomic E-state index is 13.3. The summed E-state index contributed by atoms with van der Waals surface area (Å²) in [6, 6.07) is 9.58. The Morgan fingerprint density at radius 1 is 1.16 bits per heavy atom. The highest BCUT2D eigenvalue weighted by molar-refractivity contribution is 6.35. The van der Waals surface area contributed by atoms with Crippen molar-refractivity contribution in [3.63, 3.8) is 0 Å². The molecule has 0 aliphatic carbocycles. The van der Waals surface area contributed by atoms with E-state index in [1.54, 1.807) is 18.2 Å². The molecule has 0 atom stereocenters. The molecular weight excluding hydrogens is 288 g/mol. The summed E-state index contributed by atoms with van der Waals surface area (Å²) >= 11 is 11.4. The maximum atomic E-state index is 13.3. The number of nitriles is 1. The number of halogens is 3. The number of benzene rings is 2. The van der Waals surface area contributed by atoms with E-state index in [-0.39, 0.29) is 10.0 Å². The summed E-state index contributed by atoms with van der Waals surface area (Å²) in [5.74, 6) is -0.673. The zero-order chi connectivity index (χ0) is 14.0. The van der Waals surface area contributed by atoms with Crippen LogP contribution in [0.2, 0.25) is 10.0 Å². The predicted molar refractivity (Wildman–Crippen MR) is 75.3 cm³/mol. The fourth-order valence-electron chi connectivity index (χ4n) is 1.52. The average molecular weight is 296 g/mol. The van der Waals surface area contributed by atoms with Crippen molar-refractivity contribution in [1.82, 2.24) is 0 Å². The molecule has 2 aromatic rings. The van der Waals surface area contributed by atoms with Gasteiger partial charge < -0.3 is 11.1 Å². The van der Waals surface area contributed by atoms with Crippen molar-refractivity contribution in [2.45, 2.75) is 0 Å². The Morgan fingerprint density at radius 3 is 2.37 bits per heavy atom. The second-order valence-electron chi connectivity index (χ2n) is 3.79. The minimum absolute atomic E-state index is 0.0926. The van der Waals surface area contributed by atoms with Crippen molar-refractivity contribution < 1.29 is 4.39 Å². The Balaban J connectivity index is 2.39. The fraction of sp³-hybridized carbons (Fsp3) is 0. The third-order valence-electron chi connectivity index (χ3n) is 2.45. The molecule has 2 aromatic carbocycles. The van der Waals surface area contributed by atoms with Crippen LogP contribution in [-0.4, -0.2) is 0 Å². The average Bonchev–Trinajstić information content (AvgIpc) is 2.38. The van der Waals surface area contributed by atoms with E-state index in [0.717, 1.165) is 0 Å². The largest absolute Gasteiger partial charge is 0.397 e. The lowest BCUT2D eigenvalue weighted by molar-refractivity contribution is 0.629. The Labute approximate surface area is 119 Å². The van der Waals surface area contributed by atoms with Crippen LogP contribution in [0.25, 0.3) is 0 Å². The summed E-state index contributed by atoms with van der Waals surface area (Å²) in [5.41, 5.74) is 7.71. The number of rotatable bonds is 2. The molecule has 2 rings (SSSR count). The summed E-state index contributed by atoms with van der Waals surface area (Å²) in [6.07, 6.45) is 0. The highest BCUT2D eigenvalue weighted by Gasteiger charge is 2.09. The van der Waals surface area contributed by atoms with E-state index < -0.39 is 5.82 Å².